The van der Waals surface area contributed by atoms with Crippen LogP contribution in [0, 0.1) is 0 Å². The average molecular weight is 286 g/mol. The third kappa shape index (κ3) is 4.46. The first kappa shape index (κ1) is 15.9. The van der Waals surface area contributed by atoms with Gasteiger partial charge in [-0.1, -0.05) is 6.07 Å². The van der Waals surface area contributed by atoms with Gasteiger partial charge in [0, 0.05) is 0 Å². The van der Waals surface area contributed by atoms with E-state index in [0.29, 0.717) is 5.56 Å². The van der Waals surface area contributed by atoms with Gasteiger partial charge in [0.2, 0.25) is 0 Å². The zero-order valence-corrected chi connectivity index (χ0v) is 12.3. The Morgan fingerprint density at radius 1 is 1.26 bits per heavy atom. The molecule has 1 rings (SSSR count). The Hall–Kier alpha value is -1.16. The molecule has 0 heterocycles. The molecule has 1 N–H and O–H groups in total. The zero-order valence-electron chi connectivity index (χ0n) is 11.4. The van der Waals surface area contributed by atoms with E-state index in [1.54, 1.807) is 19.9 Å². The standard InChI is InChI=1S/C13H19O5P/c1-4-17-19(16,18-5-2)9-11-6-7-13(15)12(8-11)10(3)14/h6-8,15H,4-5,9H2,1-3H3. The van der Waals surface area contributed by atoms with E-state index >= 15 is 0 Å². The molecule has 0 saturated heterocycles. The molecule has 0 aliphatic heterocycles. The summed E-state index contributed by atoms with van der Waals surface area (Å²) in [5.74, 6) is -0.332. The van der Waals surface area contributed by atoms with Gasteiger partial charge in [-0.2, -0.15) is 0 Å². The number of carbonyl (C=O) groups is 1. The van der Waals surface area contributed by atoms with E-state index in [4.69, 9.17) is 9.05 Å². The highest BCUT2D eigenvalue weighted by Gasteiger charge is 2.24. The van der Waals surface area contributed by atoms with E-state index in [1.165, 1.54) is 19.1 Å². The third-order valence-electron chi connectivity index (χ3n) is 2.47. The van der Waals surface area contributed by atoms with Gasteiger partial charge in [-0.3, -0.25) is 9.36 Å². The smallest absolute Gasteiger partial charge is 0.335 e. The van der Waals surface area contributed by atoms with E-state index in [9.17, 15) is 14.5 Å². The van der Waals surface area contributed by atoms with Gasteiger partial charge < -0.3 is 14.2 Å². The van der Waals surface area contributed by atoms with Gasteiger partial charge in [-0.25, -0.2) is 0 Å². The maximum Gasteiger partial charge on any atom is 0.335 e. The summed E-state index contributed by atoms with van der Waals surface area (Å²) < 4.78 is 22.7. The normalized spacial score (nSPS) is 11.5. The molecule has 0 spiro atoms. The fraction of sp³-hybridized carbons (Fsp3) is 0.462. The van der Waals surface area contributed by atoms with Gasteiger partial charge in [0.25, 0.3) is 0 Å². The second-order valence-corrected chi connectivity index (χ2v) is 6.07. The first-order valence-corrected chi connectivity index (χ1v) is 7.85. The van der Waals surface area contributed by atoms with E-state index in [1.807, 2.05) is 0 Å². The molecule has 6 heteroatoms. The van der Waals surface area contributed by atoms with Crippen molar-refractivity contribution in [3.05, 3.63) is 29.3 Å². The number of phenolic OH excluding ortho intramolecular Hbond substituents is 1. The molecule has 1 aromatic rings. The summed E-state index contributed by atoms with van der Waals surface area (Å²) >= 11 is 0. The van der Waals surface area contributed by atoms with Gasteiger partial charge in [0.15, 0.2) is 5.78 Å². The number of carbonyl (C=O) groups excluding carboxylic acids is 1. The van der Waals surface area contributed by atoms with Crippen LogP contribution in [-0.4, -0.2) is 24.1 Å². The largest absolute Gasteiger partial charge is 0.507 e. The summed E-state index contributed by atoms with van der Waals surface area (Å²) in [5.41, 5.74) is 0.838. The summed E-state index contributed by atoms with van der Waals surface area (Å²) in [7, 11) is -3.20. The first-order valence-electron chi connectivity index (χ1n) is 6.12. The molecule has 5 nitrogen and oxygen atoms in total. The molecule has 0 aliphatic carbocycles. The van der Waals surface area contributed by atoms with Gasteiger partial charge in [0.1, 0.15) is 5.75 Å². The van der Waals surface area contributed by atoms with Crippen LogP contribution in [-0.2, 0) is 19.8 Å². The molecule has 0 saturated carbocycles. The molecular weight excluding hydrogens is 267 g/mol. The summed E-state index contributed by atoms with van der Waals surface area (Å²) in [4.78, 5) is 11.3. The molecule has 0 amide bonds. The van der Waals surface area contributed by atoms with E-state index < -0.39 is 7.60 Å². The third-order valence-corrected chi connectivity index (χ3v) is 4.52. The topological polar surface area (TPSA) is 72.8 Å². The highest BCUT2D eigenvalue weighted by molar-refractivity contribution is 7.53. The molecule has 0 aromatic heterocycles. The SMILES string of the molecule is CCOP(=O)(Cc1ccc(O)c(C(C)=O)c1)OCC. The van der Waals surface area contributed by atoms with E-state index in [-0.39, 0.29) is 36.5 Å². The summed E-state index contributed by atoms with van der Waals surface area (Å²) in [5, 5.41) is 9.56. The van der Waals surface area contributed by atoms with Crippen LogP contribution < -0.4 is 0 Å². The molecule has 0 unspecified atom stereocenters. The van der Waals surface area contributed by atoms with Crippen LogP contribution in [0.3, 0.4) is 0 Å². The minimum atomic E-state index is -3.20. The molecule has 106 valence electrons. The number of benzene rings is 1. The van der Waals surface area contributed by atoms with Gasteiger partial charge >= 0.3 is 7.60 Å². The lowest BCUT2D eigenvalue weighted by Crippen LogP contribution is -2.01. The van der Waals surface area contributed by atoms with Crippen molar-refractivity contribution in [2.24, 2.45) is 0 Å². The molecule has 0 aliphatic rings. The molecular formula is C13H19O5P. The monoisotopic (exact) mass is 286 g/mol. The molecule has 0 bridgehead atoms. The molecule has 0 fully saturated rings. The fourth-order valence-corrected chi connectivity index (χ4v) is 3.40. The number of phenols is 1. The lowest BCUT2D eigenvalue weighted by molar-refractivity contribution is 0.101. The second-order valence-electron chi connectivity index (χ2n) is 4.01. The van der Waals surface area contributed by atoms with Crippen molar-refractivity contribution in [1.29, 1.82) is 0 Å². The van der Waals surface area contributed by atoms with Crippen molar-refractivity contribution in [2.45, 2.75) is 26.9 Å². The minimum Gasteiger partial charge on any atom is -0.507 e. The van der Waals surface area contributed by atoms with Crippen LogP contribution in [0.2, 0.25) is 0 Å². The van der Waals surface area contributed by atoms with Gasteiger partial charge in [0.05, 0.1) is 24.9 Å². The van der Waals surface area contributed by atoms with Crippen molar-refractivity contribution in [3.63, 3.8) is 0 Å². The average Bonchev–Trinajstić information content (AvgIpc) is 2.31. The Bertz CT molecular complexity index is 488. The van der Waals surface area contributed by atoms with Crippen LogP contribution in [0.25, 0.3) is 0 Å². The summed E-state index contributed by atoms with van der Waals surface area (Å²) in [6.45, 7) is 5.42. The highest BCUT2D eigenvalue weighted by Crippen LogP contribution is 2.51. The van der Waals surface area contributed by atoms with Gasteiger partial charge in [-0.15, -0.1) is 0 Å². The van der Waals surface area contributed by atoms with Gasteiger partial charge in [-0.05, 0) is 38.5 Å². The fourth-order valence-electron chi connectivity index (χ4n) is 1.71. The van der Waals surface area contributed by atoms with Crippen molar-refractivity contribution >= 4 is 13.4 Å². The van der Waals surface area contributed by atoms with E-state index in [2.05, 4.69) is 0 Å². The van der Waals surface area contributed by atoms with Crippen LogP contribution in [0.15, 0.2) is 18.2 Å². The second kappa shape index (κ2) is 6.85. The first-order chi connectivity index (χ1) is 8.91. The van der Waals surface area contributed by atoms with Crippen LogP contribution >= 0.6 is 7.60 Å². The maximum atomic E-state index is 12.4. The van der Waals surface area contributed by atoms with Crippen molar-refractivity contribution in [1.82, 2.24) is 0 Å². The maximum absolute atomic E-state index is 12.4. The molecule has 1 aromatic carbocycles. The number of ketones is 1. The number of aromatic hydroxyl groups is 1. The number of hydrogen-bond donors (Lipinski definition) is 1. The Balaban J connectivity index is 3.00. The lowest BCUT2D eigenvalue weighted by Gasteiger charge is -2.17. The molecule has 0 radical (unpaired) electrons. The Morgan fingerprint density at radius 2 is 1.84 bits per heavy atom. The lowest BCUT2D eigenvalue weighted by atomic mass is 10.1. The van der Waals surface area contributed by atoms with Crippen molar-refractivity contribution in [3.8, 4) is 5.75 Å². The quantitative estimate of drug-likeness (QED) is 0.614. The molecule has 19 heavy (non-hydrogen) atoms. The number of hydrogen-bond acceptors (Lipinski definition) is 5. The summed E-state index contributed by atoms with van der Waals surface area (Å²) in [6.07, 6.45) is 0.0786. The van der Waals surface area contributed by atoms with Crippen LogP contribution in [0.4, 0.5) is 0 Å². The molecule has 0 atom stereocenters. The highest BCUT2D eigenvalue weighted by atomic mass is 31.2. The predicted molar refractivity (Wildman–Crippen MR) is 72.7 cm³/mol. The Labute approximate surface area is 113 Å². The van der Waals surface area contributed by atoms with Crippen molar-refractivity contribution in [2.75, 3.05) is 13.2 Å². The Morgan fingerprint density at radius 3 is 2.32 bits per heavy atom. The minimum absolute atomic E-state index is 0.0786. The van der Waals surface area contributed by atoms with E-state index in [0.717, 1.165) is 0 Å². The Kier molecular flexibility index (Phi) is 5.73. The van der Waals surface area contributed by atoms with Crippen LogP contribution in [0.5, 0.6) is 5.75 Å². The summed E-state index contributed by atoms with van der Waals surface area (Å²) in [6, 6.07) is 4.53. The number of rotatable bonds is 7. The van der Waals surface area contributed by atoms with Crippen LogP contribution in [0.1, 0.15) is 36.7 Å². The van der Waals surface area contributed by atoms with Crippen molar-refractivity contribution < 1.29 is 23.5 Å². The number of Topliss-reactive ketones (excluding diaryl/α,β-unsaturated/α-hetero) is 1. The predicted octanol–water partition coefficient (Wildman–Crippen LogP) is 3.36. The zero-order chi connectivity index (χ0) is 14.5.